The summed E-state index contributed by atoms with van der Waals surface area (Å²) in [6.45, 7) is 3.43. The van der Waals surface area contributed by atoms with E-state index in [1.165, 1.54) is 25.7 Å². The van der Waals surface area contributed by atoms with Crippen molar-refractivity contribution in [2.24, 2.45) is 5.92 Å². The van der Waals surface area contributed by atoms with Crippen LogP contribution in [0.2, 0.25) is 0 Å². The zero-order valence-electron chi connectivity index (χ0n) is 8.92. The first-order valence-electron chi connectivity index (χ1n) is 5.37. The summed E-state index contributed by atoms with van der Waals surface area (Å²) < 4.78 is 0. The molecule has 0 N–H and O–H groups in total. The summed E-state index contributed by atoms with van der Waals surface area (Å²) in [6, 6.07) is 0.789. The van der Waals surface area contributed by atoms with Gasteiger partial charge < -0.3 is 4.90 Å². The quantitative estimate of drug-likeness (QED) is 0.602. The molecule has 1 nitrogen and oxygen atoms in total. The number of terminal acetylenes is 1. The number of hydrogen-bond donors (Lipinski definition) is 0. The highest BCUT2D eigenvalue weighted by Crippen LogP contribution is 2.26. The Balaban J connectivity index is 2.29. The number of hydrogen-bond acceptors (Lipinski definition) is 1. The summed E-state index contributed by atoms with van der Waals surface area (Å²) in [5.41, 5.74) is 0. The van der Waals surface area contributed by atoms with Crippen LogP contribution in [0.5, 0.6) is 0 Å². The summed E-state index contributed by atoms with van der Waals surface area (Å²) in [5, 5.41) is 0. The van der Waals surface area contributed by atoms with Crippen LogP contribution >= 0.6 is 0 Å². The molecular formula is C12H21N. The van der Waals surface area contributed by atoms with Gasteiger partial charge in [-0.3, -0.25) is 0 Å². The average molecular weight is 179 g/mol. The predicted molar refractivity (Wildman–Crippen MR) is 57.5 cm³/mol. The van der Waals surface area contributed by atoms with Gasteiger partial charge in [0.2, 0.25) is 0 Å². The standard InChI is InChI=1S/C12H21N/c1-4-5-9-13(3)12-8-6-7-11(2)10-12/h1,11-12H,5-10H2,2-3H3. The second-order valence-electron chi connectivity index (χ2n) is 4.36. The van der Waals surface area contributed by atoms with Gasteiger partial charge in [0.05, 0.1) is 0 Å². The van der Waals surface area contributed by atoms with E-state index < -0.39 is 0 Å². The van der Waals surface area contributed by atoms with Gasteiger partial charge in [0.25, 0.3) is 0 Å². The summed E-state index contributed by atoms with van der Waals surface area (Å²) in [7, 11) is 2.21. The molecule has 0 amide bonds. The summed E-state index contributed by atoms with van der Waals surface area (Å²) >= 11 is 0. The van der Waals surface area contributed by atoms with E-state index in [1.54, 1.807) is 0 Å². The minimum absolute atomic E-state index is 0.789. The first-order chi connectivity index (χ1) is 6.24. The third-order valence-corrected chi connectivity index (χ3v) is 3.14. The maximum absolute atomic E-state index is 5.26. The fraction of sp³-hybridized carbons (Fsp3) is 0.833. The largest absolute Gasteiger partial charge is 0.302 e. The molecule has 0 saturated heterocycles. The molecule has 74 valence electrons. The second kappa shape index (κ2) is 5.29. The lowest BCUT2D eigenvalue weighted by atomic mass is 9.86. The third-order valence-electron chi connectivity index (χ3n) is 3.14. The Bertz CT molecular complexity index is 180. The van der Waals surface area contributed by atoms with Crippen LogP contribution in [0.15, 0.2) is 0 Å². The van der Waals surface area contributed by atoms with Crippen molar-refractivity contribution < 1.29 is 0 Å². The van der Waals surface area contributed by atoms with Crippen LogP contribution in [0.4, 0.5) is 0 Å². The van der Waals surface area contributed by atoms with E-state index in [1.807, 2.05) is 0 Å². The maximum Gasteiger partial charge on any atom is 0.0214 e. The Morgan fingerprint density at radius 1 is 1.46 bits per heavy atom. The van der Waals surface area contributed by atoms with E-state index in [0.29, 0.717) is 0 Å². The van der Waals surface area contributed by atoms with Crippen molar-refractivity contribution in [3.63, 3.8) is 0 Å². The molecule has 1 saturated carbocycles. The molecule has 1 heteroatoms. The lowest BCUT2D eigenvalue weighted by Gasteiger charge is -2.33. The topological polar surface area (TPSA) is 3.24 Å². The van der Waals surface area contributed by atoms with Crippen LogP contribution in [0.1, 0.15) is 39.0 Å². The number of rotatable bonds is 3. The van der Waals surface area contributed by atoms with E-state index in [4.69, 9.17) is 6.42 Å². The summed E-state index contributed by atoms with van der Waals surface area (Å²) in [5.74, 6) is 3.62. The molecular weight excluding hydrogens is 158 g/mol. The Labute approximate surface area is 82.5 Å². The highest BCUT2D eigenvalue weighted by molar-refractivity contribution is 4.86. The van der Waals surface area contributed by atoms with Gasteiger partial charge in [-0.1, -0.05) is 19.8 Å². The lowest BCUT2D eigenvalue weighted by molar-refractivity contribution is 0.167. The van der Waals surface area contributed by atoms with Gasteiger partial charge in [-0.25, -0.2) is 0 Å². The minimum atomic E-state index is 0.789. The molecule has 1 aliphatic carbocycles. The Hall–Kier alpha value is -0.480. The van der Waals surface area contributed by atoms with Crippen molar-refractivity contribution in [2.45, 2.75) is 45.1 Å². The van der Waals surface area contributed by atoms with Crippen LogP contribution < -0.4 is 0 Å². The fourth-order valence-electron chi connectivity index (χ4n) is 2.23. The highest BCUT2D eigenvalue weighted by atomic mass is 15.1. The Kier molecular flexibility index (Phi) is 4.32. The molecule has 0 aliphatic heterocycles. The van der Waals surface area contributed by atoms with E-state index in [-0.39, 0.29) is 0 Å². The van der Waals surface area contributed by atoms with Crippen LogP contribution in [-0.4, -0.2) is 24.5 Å². The second-order valence-corrected chi connectivity index (χ2v) is 4.36. The van der Waals surface area contributed by atoms with Gasteiger partial charge in [0, 0.05) is 19.0 Å². The van der Waals surface area contributed by atoms with E-state index in [2.05, 4.69) is 24.8 Å². The first-order valence-corrected chi connectivity index (χ1v) is 5.37. The molecule has 0 radical (unpaired) electrons. The minimum Gasteiger partial charge on any atom is -0.302 e. The zero-order valence-corrected chi connectivity index (χ0v) is 8.92. The van der Waals surface area contributed by atoms with Crippen molar-refractivity contribution in [3.8, 4) is 12.3 Å². The van der Waals surface area contributed by atoms with Crippen molar-refractivity contribution in [3.05, 3.63) is 0 Å². The van der Waals surface area contributed by atoms with Gasteiger partial charge >= 0.3 is 0 Å². The van der Waals surface area contributed by atoms with Crippen LogP contribution in [0.3, 0.4) is 0 Å². The van der Waals surface area contributed by atoms with Gasteiger partial charge in [-0.05, 0) is 25.8 Å². The van der Waals surface area contributed by atoms with Gasteiger partial charge in [0.1, 0.15) is 0 Å². The van der Waals surface area contributed by atoms with E-state index in [9.17, 15) is 0 Å². The molecule has 13 heavy (non-hydrogen) atoms. The monoisotopic (exact) mass is 179 g/mol. The van der Waals surface area contributed by atoms with E-state index >= 15 is 0 Å². The molecule has 2 atom stereocenters. The lowest BCUT2D eigenvalue weighted by Crippen LogP contribution is -2.36. The van der Waals surface area contributed by atoms with Crippen LogP contribution in [0.25, 0.3) is 0 Å². The molecule has 2 unspecified atom stereocenters. The van der Waals surface area contributed by atoms with Crippen molar-refractivity contribution in [1.82, 2.24) is 4.90 Å². The molecule has 0 heterocycles. The molecule has 0 aromatic rings. The molecule has 0 aromatic heterocycles. The SMILES string of the molecule is C#CCCN(C)C1CCCC(C)C1. The van der Waals surface area contributed by atoms with Gasteiger partial charge in [-0.2, -0.15) is 0 Å². The summed E-state index contributed by atoms with van der Waals surface area (Å²) in [6.07, 6.45) is 11.7. The molecule has 0 spiro atoms. The maximum atomic E-state index is 5.26. The smallest absolute Gasteiger partial charge is 0.0214 e. The van der Waals surface area contributed by atoms with Gasteiger partial charge in [-0.15, -0.1) is 12.3 Å². The average Bonchev–Trinajstić information content (AvgIpc) is 2.14. The summed E-state index contributed by atoms with van der Waals surface area (Å²) in [4.78, 5) is 2.44. The molecule has 1 rings (SSSR count). The van der Waals surface area contributed by atoms with Crippen molar-refractivity contribution in [1.29, 1.82) is 0 Å². The third kappa shape index (κ3) is 3.40. The molecule has 0 aromatic carbocycles. The van der Waals surface area contributed by atoms with Crippen molar-refractivity contribution >= 4 is 0 Å². The fourth-order valence-corrected chi connectivity index (χ4v) is 2.23. The van der Waals surface area contributed by atoms with Gasteiger partial charge in [0.15, 0.2) is 0 Å². The van der Waals surface area contributed by atoms with Crippen molar-refractivity contribution in [2.75, 3.05) is 13.6 Å². The van der Waals surface area contributed by atoms with Crippen LogP contribution in [0, 0.1) is 18.3 Å². The molecule has 0 bridgehead atoms. The Morgan fingerprint density at radius 3 is 2.85 bits per heavy atom. The zero-order chi connectivity index (χ0) is 9.68. The normalized spacial score (nSPS) is 28.8. The van der Waals surface area contributed by atoms with Crippen LogP contribution in [-0.2, 0) is 0 Å². The Morgan fingerprint density at radius 2 is 2.23 bits per heavy atom. The first kappa shape index (κ1) is 10.6. The number of nitrogens with zero attached hydrogens (tertiary/aromatic N) is 1. The van der Waals surface area contributed by atoms with E-state index in [0.717, 1.165) is 24.9 Å². The molecule has 1 aliphatic rings. The predicted octanol–water partition coefficient (Wildman–Crippen LogP) is 2.52. The highest BCUT2D eigenvalue weighted by Gasteiger charge is 2.21. The molecule has 1 fully saturated rings.